The number of halogens is 1. The average molecular weight is 310 g/mol. The molecule has 0 N–H and O–H groups in total. The molecule has 1 aromatic carbocycles. The van der Waals surface area contributed by atoms with E-state index < -0.39 is 0 Å². The first-order chi connectivity index (χ1) is 8.66. The van der Waals surface area contributed by atoms with E-state index in [-0.39, 0.29) is 0 Å². The van der Waals surface area contributed by atoms with Crippen molar-refractivity contribution in [3.05, 3.63) is 34.3 Å². The van der Waals surface area contributed by atoms with Crippen molar-refractivity contribution in [1.82, 2.24) is 4.90 Å². The predicted molar refractivity (Wildman–Crippen MR) is 81.8 cm³/mol. The fraction of sp³-hybridized carbons (Fsp3) is 0.625. The topological polar surface area (TPSA) is 3.24 Å². The second-order valence-electron chi connectivity index (χ2n) is 5.79. The quantitative estimate of drug-likeness (QED) is 0.754. The number of likely N-dealkylation sites (tertiary alicyclic amines) is 1. The van der Waals surface area contributed by atoms with Crippen LogP contribution in [0.3, 0.4) is 0 Å². The zero-order chi connectivity index (χ0) is 13.0. The molecule has 1 atom stereocenters. The molecule has 2 heteroatoms. The minimum atomic E-state index is 0.634. The van der Waals surface area contributed by atoms with Gasteiger partial charge in [-0.2, -0.15) is 0 Å². The number of benzene rings is 1. The molecule has 1 fully saturated rings. The molecule has 1 aromatic rings. The Morgan fingerprint density at radius 2 is 2.17 bits per heavy atom. The van der Waals surface area contributed by atoms with Gasteiger partial charge in [-0.25, -0.2) is 0 Å². The van der Waals surface area contributed by atoms with Gasteiger partial charge in [0.15, 0.2) is 0 Å². The van der Waals surface area contributed by atoms with Crippen molar-refractivity contribution in [3.63, 3.8) is 0 Å². The monoisotopic (exact) mass is 309 g/mol. The minimum absolute atomic E-state index is 0.634. The molecule has 1 nitrogen and oxygen atoms in total. The second kappa shape index (κ2) is 6.72. The summed E-state index contributed by atoms with van der Waals surface area (Å²) in [7, 11) is 0. The SMILES string of the molecule is CC(C)CCN1CCCCC1c1cccc(Br)c1. The first-order valence-electron chi connectivity index (χ1n) is 7.16. The number of hydrogen-bond acceptors (Lipinski definition) is 1. The van der Waals surface area contributed by atoms with E-state index in [9.17, 15) is 0 Å². The highest BCUT2D eigenvalue weighted by Gasteiger charge is 2.23. The van der Waals surface area contributed by atoms with Crippen molar-refractivity contribution in [2.45, 2.75) is 45.6 Å². The Hall–Kier alpha value is -0.340. The average Bonchev–Trinajstić information content (AvgIpc) is 2.36. The molecule has 0 saturated carbocycles. The molecule has 0 bridgehead atoms. The van der Waals surface area contributed by atoms with Crippen LogP contribution in [0.15, 0.2) is 28.7 Å². The van der Waals surface area contributed by atoms with Crippen LogP contribution in [0.5, 0.6) is 0 Å². The summed E-state index contributed by atoms with van der Waals surface area (Å²) in [6.07, 6.45) is 5.36. The van der Waals surface area contributed by atoms with Gasteiger partial charge in [0.05, 0.1) is 0 Å². The summed E-state index contributed by atoms with van der Waals surface area (Å²) in [4.78, 5) is 2.69. The van der Waals surface area contributed by atoms with Gasteiger partial charge in [0.2, 0.25) is 0 Å². The molecule has 1 aliphatic heterocycles. The zero-order valence-electron chi connectivity index (χ0n) is 11.5. The highest BCUT2D eigenvalue weighted by atomic mass is 79.9. The van der Waals surface area contributed by atoms with Crippen molar-refractivity contribution in [2.75, 3.05) is 13.1 Å². The number of nitrogens with zero attached hydrogens (tertiary/aromatic N) is 1. The number of hydrogen-bond donors (Lipinski definition) is 0. The molecule has 0 aliphatic carbocycles. The summed E-state index contributed by atoms with van der Waals surface area (Å²) in [6, 6.07) is 9.48. The maximum absolute atomic E-state index is 3.59. The van der Waals surface area contributed by atoms with Crippen LogP contribution in [-0.4, -0.2) is 18.0 Å². The molecular weight excluding hydrogens is 286 g/mol. The van der Waals surface area contributed by atoms with Crippen LogP contribution in [0, 0.1) is 5.92 Å². The Morgan fingerprint density at radius 1 is 1.33 bits per heavy atom. The van der Waals surface area contributed by atoms with E-state index in [2.05, 4.69) is 58.9 Å². The largest absolute Gasteiger partial charge is 0.296 e. The smallest absolute Gasteiger partial charge is 0.0348 e. The summed E-state index contributed by atoms with van der Waals surface area (Å²) >= 11 is 3.59. The third-order valence-corrected chi connectivity index (χ3v) is 4.33. The molecule has 2 rings (SSSR count). The molecule has 1 saturated heterocycles. The lowest BCUT2D eigenvalue weighted by Crippen LogP contribution is -2.34. The Labute approximate surface area is 120 Å². The summed E-state index contributed by atoms with van der Waals surface area (Å²) in [5.41, 5.74) is 1.48. The minimum Gasteiger partial charge on any atom is -0.296 e. The lowest BCUT2D eigenvalue weighted by molar-refractivity contribution is 0.141. The van der Waals surface area contributed by atoms with Gasteiger partial charge in [-0.05, 0) is 56.0 Å². The van der Waals surface area contributed by atoms with E-state index in [4.69, 9.17) is 0 Å². The summed E-state index contributed by atoms with van der Waals surface area (Å²) in [5.74, 6) is 0.801. The van der Waals surface area contributed by atoms with E-state index in [0.717, 1.165) is 5.92 Å². The van der Waals surface area contributed by atoms with Gasteiger partial charge in [0, 0.05) is 10.5 Å². The Kier molecular flexibility index (Phi) is 5.25. The predicted octanol–water partition coefficient (Wildman–Crippen LogP) is 5.02. The molecule has 1 unspecified atom stereocenters. The van der Waals surface area contributed by atoms with E-state index in [1.807, 2.05) is 0 Å². The lowest BCUT2D eigenvalue weighted by Gasteiger charge is -2.36. The summed E-state index contributed by atoms with van der Waals surface area (Å²) < 4.78 is 1.20. The van der Waals surface area contributed by atoms with Gasteiger partial charge in [0.1, 0.15) is 0 Å². The van der Waals surface area contributed by atoms with Crippen molar-refractivity contribution >= 4 is 15.9 Å². The lowest BCUT2D eigenvalue weighted by atomic mass is 9.94. The fourth-order valence-electron chi connectivity index (χ4n) is 2.77. The third kappa shape index (κ3) is 3.83. The van der Waals surface area contributed by atoms with Crippen LogP contribution in [0.25, 0.3) is 0 Å². The summed E-state index contributed by atoms with van der Waals surface area (Å²) in [5, 5.41) is 0. The molecule has 0 radical (unpaired) electrons. The number of piperidine rings is 1. The fourth-order valence-corrected chi connectivity index (χ4v) is 3.19. The Bertz CT molecular complexity index is 375. The maximum Gasteiger partial charge on any atom is 0.0348 e. The molecule has 1 aliphatic rings. The molecule has 18 heavy (non-hydrogen) atoms. The normalized spacial score (nSPS) is 21.4. The van der Waals surface area contributed by atoms with Crippen molar-refractivity contribution in [2.24, 2.45) is 5.92 Å². The molecule has 0 aromatic heterocycles. The van der Waals surface area contributed by atoms with Gasteiger partial charge in [0.25, 0.3) is 0 Å². The van der Waals surface area contributed by atoms with Crippen molar-refractivity contribution in [1.29, 1.82) is 0 Å². The maximum atomic E-state index is 3.59. The van der Waals surface area contributed by atoms with Gasteiger partial charge >= 0.3 is 0 Å². The van der Waals surface area contributed by atoms with Gasteiger partial charge in [-0.15, -0.1) is 0 Å². The first kappa shape index (κ1) is 14.1. The zero-order valence-corrected chi connectivity index (χ0v) is 13.1. The molecule has 0 amide bonds. The molecule has 1 heterocycles. The molecule has 0 spiro atoms. The van der Waals surface area contributed by atoms with Crippen LogP contribution >= 0.6 is 15.9 Å². The van der Waals surface area contributed by atoms with Gasteiger partial charge < -0.3 is 0 Å². The third-order valence-electron chi connectivity index (χ3n) is 3.84. The van der Waals surface area contributed by atoms with E-state index >= 15 is 0 Å². The van der Waals surface area contributed by atoms with Crippen molar-refractivity contribution < 1.29 is 0 Å². The molecular formula is C16H24BrN. The van der Waals surface area contributed by atoms with Gasteiger partial charge in [-0.3, -0.25) is 4.90 Å². The number of rotatable bonds is 4. The van der Waals surface area contributed by atoms with E-state index in [0.29, 0.717) is 6.04 Å². The molecule has 100 valence electrons. The van der Waals surface area contributed by atoms with Crippen LogP contribution in [0.1, 0.15) is 51.1 Å². The summed E-state index contributed by atoms with van der Waals surface area (Å²) in [6.45, 7) is 7.15. The highest BCUT2D eigenvalue weighted by Crippen LogP contribution is 2.32. The van der Waals surface area contributed by atoms with E-state index in [1.54, 1.807) is 0 Å². The Morgan fingerprint density at radius 3 is 2.89 bits per heavy atom. The van der Waals surface area contributed by atoms with Crippen LogP contribution in [0.2, 0.25) is 0 Å². The van der Waals surface area contributed by atoms with Crippen LogP contribution in [0.4, 0.5) is 0 Å². The van der Waals surface area contributed by atoms with Crippen LogP contribution in [-0.2, 0) is 0 Å². The second-order valence-corrected chi connectivity index (χ2v) is 6.70. The Balaban J connectivity index is 2.07. The highest BCUT2D eigenvalue weighted by molar-refractivity contribution is 9.10. The van der Waals surface area contributed by atoms with Gasteiger partial charge in [-0.1, -0.05) is 48.3 Å². The van der Waals surface area contributed by atoms with E-state index in [1.165, 1.54) is 48.8 Å². The van der Waals surface area contributed by atoms with Crippen LogP contribution < -0.4 is 0 Å². The first-order valence-corrected chi connectivity index (χ1v) is 7.95. The van der Waals surface area contributed by atoms with Crippen molar-refractivity contribution in [3.8, 4) is 0 Å². The standard InChI is InChI=1S/C16H24BrN/c1-13(2)9-11-18-10-4-3-8-16(18)14-6-5-7-15(17)12-14/h5-7,12-13,16H,3-4,8-11H2,1-2H3.